The van der Waals surface area contributed by atoms with Crippen LogP contribution in [0, 0.1) is 18.3 Å². The first kappa shape index (κ1) is 26.9. The lowest BCUT2D eigenvalue weighted by Gasteiger charge is -2.27. The van der Waals surface area contributed by atoms with Gasteiger partial charge in [0.15, 0.2) is 5.11 Å². The first-order valence-corrected chi connectivity index (χ1v) is 12.4. The van der Waals surface area contributed by atoms with Gasteiger partial charge in [-0.1, -0.05) is 48.0 Å². The highest BCUT2D eigenvalue weighted by molar-refractivity contribution is 7.80. The SMILES string of the molecule is Cc1ccc(NC(=S)N(CCc2cncn2Cc2ccc(C#N)cc2)Cc2ccccc2C(F)(F)F)cc1. The number of halogens is 3. The molecule has 0 bridgehead atoms. The van der Waals surface area contributed by atoms with E-state index in [1.54, 1.807) is 35.6 Å². The van der Waals surface area contributed by atoms with E-state index in [1.165, 1.54) is 12.1 Å². The molecule has 1 aromatic heterocycles. The topological polar surface area (TPSA) is 56.9 Å². The monoisotopic (exact) mass is 533 g/mol. The van der Waals surface area contributed by atoms with E-state index in [9.17, 15) is 13.2 Å². The minimum Gasteiger partial charge on any atom is -0.344 e. The molecule has 0 radical (unpaired) electrons. The Bertz CT molecular complexity index is 1420. The van der Waals surface area contributed by atoms with Gasteiger partial charge in [0.25, 0.3) is 0 Å². The maximum Gasteiger partial charge on any atom is 0.416 e. The Balaban J connectivity index is 1.54. The molecule has 0 fully saturated rings. The number of aryl methyl sites for hydroxylation is 1. The molecule has 0 amide bonds. The quantitative estimate of drug-likeness (QED) is 0.260. The van der Waals surface area contributed by atoms with Gasteiger partial charge in [0, 0.05) is 43.6 Å². The van der Waals surface area contributed by atoms with Crippen LogP contribution in [0.25, 0.3) is 0 Å². The Kier molecular flexibility index (Phi) is 8.44. The molecule has 5 nitrogen and oxygen atoms in total. The van der Waals surface area contributed by atoms with E-state index in [4.69, 9.17) is 17.5 Å². The standard InChI is InChI=1S/C29H26F3N5S/c1-21-6-12-25(13-7-21)35-28(38)36(19-24-4-2-3-5-27(24)29(30,31)32)15-14-26-17-34-20-37(26)18-23-10-8-22(16-33)9-11-23/h2-13,17,20H,14-15,18-19H2,1H3,(H,35,38). The summed E-state index contributed by atoms with van der Waals surface area (Å²) in [6.07, 6.45) is -0.476. The molecule has 9 heteroatoms. The van der Waals surface area contributed by atoms with Crippen LogP contribution in [0.3, 0.4) is 0 Å². The van der Waals surface area contributed by atoms with Gasteiger partial charge in [0.05, 0.1) is 23.5 Å². The molecule has 3 aromatic carbocycles. The first-order chi connectivity index (χ1) is 18.2. The number of nitriles is 1. The van der Waals surface area contributed by atoms with Crippen LogP contribution in [0.15, 0.2) is 85.3 Å². The highest BCUT2D eigenvalue weighted by Gasteiger charge is 2.33. The molecule has 1 heterocycles. The lowest BCUT2D eigenvalue weighted by atomic mass is 10.1. The fraction of sp³-hybridized carbons (Fsp3) is 0.207. The van der Waals surface area contributed by atoms with Crippen molar-refractivity contribution in [3.8, 4) is 6.07 Å². The first-order valence-electron chi connectivity index (χ1n) is 12.0. The number of hydrogen-bond donors (Lipinski definition) is 1. The number of rotatable bonds is 8. The number of alkyl halides is 3. The van der Waals surface area contributed by atoms with Gasteiger partial charge < -0.3 is 14.8 Å². The van der Waals surface area contributed by atoms with Crippen LogP contribution >= 0.6 is 12.2 Å². The Morgan fingerprint density at radius 2 is 1.76 bits per heavy atom. The van der Waals surface area contributed by atoms with Crippen molar-refractivity contribution < 1.29 is 13.2 Å². The van der Waals surface area contributed by atoms with E-state index in [2.05, 4.69) is 16.4 Å². The molecule has 0 spiro atoms. The van der Waals surface area contributed by atoms with Crippen molar-refractivity contribution in [3.63, 3.8) is 0 Å². The van der Waals surface area contributed by atoms with Gasteiger partial charge in [-0.3, -0.25) is 0 Å². The lowest BCUT2D eigenvalue weighted by Crippen LogP contribution is -2.36. The zero-order chi connectivity index (χ0) is 27.1. The molecule has 0 unspecified atom stereocenters. The fourth-order valence-electron chi connectivity index (χ4n) is 4.06. The smallest absolute Gasteiger partial charge is 0.344 e. The van der Waals surface area contributed by atoms with Gasteiger partial charge in [0.2, 0.25) is 0 Å². The predicted molar refractivity (Wildman–Crippen MR) is 145 cm³/mol. The molecule has 38 heavy (non-hydrogen) atoms. The maximum atomic E-state index is 13.7. The zero-order valence-electron chi connectivity index (χ0n) is 20.7. The van der Waals surface area contributed by atoms with Gasteiger partial charge in [-0.25, -0.2) is 4.98 Å². The maximum absolute atomic E-state index is 13.7. The van der Waals surface area contributed by atoms with Gasteiger partial charge in [-0.05, 0) is 60.6 Å². The summed E-state index contributed by atoms with van der Waals surface area (Å²) in [6, 6.07) is 22.6. The number of aromatic nitrogens is 2. The van der Waals surface area contributed by atoms with Crippen molar-refractivity contribution in [2.24, 2.45) is 0 Å². The second kappa shape index (κ2) is 11.9. The Hall–Kier alpha value is -4.16. The van der Waals surface area contributed by atoms with Crippen molar-refractivity contribution in [2.75, 3.05) is 11.9 Å². The number of nitrogens with one attached hydrogen (secondary N) is 1. The van der Waals surface area contributed by atoms with Crippen LogP contribution < -0.4 is 5.32 Å². The molecule has 0 aliphatic carbocycles. The summed E-state index contributed by atoms with van der Waals surface area (Å²) in [4.78, 5) is 6.02. The largest absolute Gasteiger partial charge is 0.416 e. The summed E-state index contributed by atoms with van der Waals surface area (Å²) in [5.41, 5.74) is 3.85. The molecule has 4 rings (SSSR count). The molecule has 0 atom stereocenters. The molecular weight excluding hydrogens is 507 g/mol. The van der Waals surface area contributed by atoms with Crippen LogP contribution in [-0.4, -0.2) is 26.1 Å². The third-order valence-corrected chi connectivity index (χ3v) is 6.51. The molecular formula is C29H26F3N5S. The summed E-state index contributed by atoms with van der Waals surface area (Å²) in [5, 5.41) is 12.5. The van der Waals surface area contributed by atoms with Crippen molar-refractivity contribution in [2.45, 2.75) is 32.6 Å². The highest BCUT2D eigenvalue weighted by Crippen LogP contribution is 2.32. The van der Waals surface area contributed by atoms with Crippen molar-refractivity contribution in [3.05, 3.63) is 119 Å². The second-order valence-electron chi connectivity index (χ2n) is 8.94. The van der Waals surface area contributed by atoms with Crippen LogP contribution in [0.4, 0.5) is 18.9 Å². The normalized spacial score (nSPS) is 11.1. The lowest BCUT2D eigenvalue weighted by molar-refractivity contribution is -0.138. The Morgan fingerprint density at radius 1 is 1.05 bits per heavy atom. The summed E-state index contributed by atoms with van der Waals surface area (Å²) in [6.45, 7) is 2.91. The molecule has 194 valence electrons. The molecule has 0 saturated carbocycles. The van der Waals surface area contributed by atoms with E-state index in [-0.39, 0.29) is 12.1 Å². The molecule has 0 aliphatic rings. The molecule has 4 aromatic rings. The van der Waals surface area contributed by atoms with E-state index >= 15 is 0 Å². The van der Waals surface area contributed by atoms with Gasteiger partial charge in [0.1, 0.15) is 0 Å². The number of imidazole rings is 1. The van der Waals surface area contributed by atoms with Crippen molar-refractivity contribution in [1.29, 1.82) is 5.26 Å². The summed E-state index contributed by atoms with van der Waals surface area (Å²) >= 11 is 5.67. The number of hydrogen-bond acceptors (Lipinski definition) is 3. The second-order valence-corrected chi connectivity index (χ2v) is 9.33. The Labute approximate surface area is 225 Å². The third kappa shape index (κ3) is 6.99. The summed E-state index contributed by atoms with van der Waals surface area (Å²) in [7, 11) is 0. The highest BCUT2D eigenvalue weighted by atomic mass is 32.1. The van der Waals surface area contributed by atoms with Crippen LogP contribution in [0.1, 0.15) is 33.5 Å². The van der Waals surface area contributed by atoms with Crippen molar-refractivity contribution >= 4 is 23.0 Å². The van der Waals surface area contributed by atoms with Gasteiger partial charge in [-0.2, -0.15) is 18.4 Å². The number of benzene rings is 3. The van der Waals surface area contributed by atoms with Crippen LogP contribution in [0.5, 0.6) is 0 Å². The molecule has 1 N–H and O–H groups in total. The minimum absolute atomic E-state index is 0.00284. The van der Waals surface area contributed by atoms with Crippen LogP contribution in [0.2, 0.25) is 0 Å². The van der Waals surface area contributed by atoms with Crippen LogP contribution in [-0.2, 0) is 25.7 Å². The summed E-state index contributed by atoms with van der Waals surface area (Å²) < 4.78 is 43.1. The van der Waals surface area contributed by atoms with Gasteiger partial charge in [-0.15, -0.1) is 0 Å². The van der Waals surface area contributed by atoms with E-state index in [1.807, 2.05) is 47.9 Å². The zero-order valence-corrected chi connectivity index (χ0v) is 21.6. The average Bonchev–Trinajstić information content (AvgIpc) is 3.34. The average molecular weight is 534 g/mol. The van der Waals surface area contributed by atoms with Gasteiger partial charge >= 0.3 is 6.18 Å². The predicted octanol–water partition coefficient (Wildman–Crippen LogP) is 6.57. The van der Waals surface area contributed by atoms with E-state index in [0.29, 0.717) is 30.2 Å². The van der Waals surface area contributed by atoms with E-state index < -0.39 is 11.7 Å². The van der Waals surface area contributed by atoms with Crippen molar-refractivity contribution in [1.82, 2.24) is 14.5 Å². The summed E-state index contributed by atoms with van der Waals surface area (Å²) in [5.74, 6) is 0. The number of nitrogens with zero attached hydrogens (tertiary/aromatic N) is 4. The molecule has 0 saturated heterocycles. The number of thiocarbonyl (C=S) groups is 1. The Morgan fingerprint density at radius 3 is 2.45 bits per heavy atom. The number of anilines is 1. The minimum atomic E-state index is -4.46. The molecule has 0 aliphatic heterocycles. The van der Waals surface area contributed by atoms with E-state index in [0.717, 1.165) is 28.6 Å². The fourth-order valence-corrected chi connectivity index (χ4v) is 4.34. The third-order valence-electron chi connectivity index (χ3n) is 6.15.